The monoisotopic (exact) mass is 263 g/mol. The molecule has 1 saturated heterocycles. The van der Waals surface area contributed by atoms with Crippen molar-refractivity contribution >= 4 is 11.8 Å². The Labute approximate surface area is 109 Å². The minimum absolute atomic E-state index is 0.00814. The average Bonchev–Trinajstić information content (AvgIpc) is 2.95. The van der Waals surface area contributed by atoms with Crippen molar-refractivity contribution in [3.63, 3.8) is 0 Å². The molecule has 0 radical (unpaired) electrons. The summed E-state index contributed by atoms with van der Waals surface area (Å²) in [5.74, 6) is 0.196. The van der Waals surface area contributed by atoms with Crippen molar-refractivity contribution in [1.29, 1.82) is 0 Å². The van der Waals surface area contributed by atoms with Crippen LogP contribution in [0, 0.1) is 0 Å². The Morgan fingerprint density at radius 1 is 1.68 bits per heavy atom. The van der Waals surface area contributed by atoms with E-state index in [0.29, 0.717) is 18.7 Å². The molecule has 0 aromatic carbocycles. The van der Waals surface area contributed by atoms with Crippen LogP contribution in [0.4, 0.5) is 0 Å². The molecule has 1 aliphatic rings. The van der Waals surface area contributed by atoms with Crippen molar-refractivity contribution in [3.8, 4) is 0 Å². The SMILES string of the molecule is CN1CC(NC(=O)c2ccc(CN=[N+]=[N-])o2)CC1=O. The number of furan rings is 1. The van der Waals surface area contributed by atoms with Crippen molar-refractivity contribution in [2.24, 2.45) is 5.11 Å². The molecule has 0 bridgehead atoms. The van der Waals surface area contributed by atoms with Gasteiger partial charge in [-0.2, -0.15) is 0 Å². The molecule has 8 nitrogen and oxygen atoms in total. The molecule has 2 amide bonds. The number of hydrogen-bond donors (Lipinski definition) is 1. The molecular formula is C11H13N5O3. The van der Waals surface area contributed by atoms with E-state index in [0.717, 1.165) is 0 Å². The van der Waals surface area contributed by atoms with Crippen LogP contribution in [0.15, 0.2) is 21.7 Å². The second kappa shape index (κ2) is 5.45. The molecular weight excluding hydrogens is 250 g/mol. The van der Waals surface area contributed by atoms with Crippen LogP contribution < -0.4 is 5.32 Å². The van der Waals surface area contributed by atoms with Crippen molar-refractivity contribution in [1.82, 2.24) is 10.2 Å². The lowest BCUT2D eigenvalue weighted by molar-refractivity contribution is -0.126. The normalized spacial score (nSPS) is 18.3. The first-order valence-electron chi connectivity index (χ1n) is 5.74. The number of nitrogens with zero attached hydrogens (tertiary/aromatic N) is 4. The van der Waals surface area contributed by atoms with E-state index in [4.69, 9.17) is 9.95 Å². The summed E-state index contributed by atoms with van der Waals surface area (Å²) in [6, 6.07) is 2.89. The predicted octanol–water partition coefficient (Wildman–Crippen LogP) is 1.05. The molecule has 19 heavy (non-hydrogen) atoms. The lowest BCUT2D eigenvalue weighted by Gasteiger charge is -2.11. The van der Waals surface area contributed by atoms with E-state index in [2.05, 4.69) is 15.3 Å². The number of likely N-dealkylation sites (tertiary alicyclic amines) is 1. The van der Waals surface area contributed by atoms with Gasteiger partial charge in [-0.25, -0.2) is 0 Å². The van der Waals surface area contributed by atoms with Crippen LogP contribution in [0.25, 0.3) is 10.4 Å². The zero-order chi connectivity index (χ0) is 13.8. The molecule has 0 spiro atoms. The molecule has 1 aromatic heterocycles. The molecule has 0 aliphatic carbocycles. The minimum atomic E-state index is -0.375. The van der Waals surface area contributed by atoms with Gasteiger partial charge in [0.15, 0.2) is 5.76 Å². The summed E-state index contributed by atoms with van der Waals surface area (Å²) >= 11 is 0. The number of carbonyl (C=O) groups is 2. The Hall–Kier alpha value is -2.47. The average molecular weight is 263 g/mol. The number of azide groups is 1. The minimum Gasteiger partial charge on any atom is -0.456 e. The fourth-order valence-electron chi connectivity index (χ4n) is 1.90. The largest absolute Gasteiger partial charge is 0.456 e. The van der Waals surface area contributed by atoms with E-state index in [-0.39, 0.29) is 30.2 Å². The first-order chi connectivity index (χ1) is 9.10. The number of hydrogen-bond acceptors (Lipinski definition) is 4. The number of nitrogens with one attached hydrogen (secondary N) is 1. The highest BCUT2D eigenvalue weighted by atomic mass is 16.4. The molecule has 2 rings (SSSR count). The van der Waals surface area contributed by atoms with Crippen molar-refractivity contribution < 1.29 is 14.0 Å². The van der Waals surface area contributed by atoms with Crippen LogP contribution >= 0.6 is 0 Å². The van der Waals surface area contributed by atoms with E-state index in [1.807, 2.05) is 0 Å². The molecule has 1 N–H and O–H groups in total. The zero-order valence-corrected chi connectivity index (χ0v) is 10.4. The van der Waals surface area contributed by atoms with Gasteiger partial charge in [0.2, 0.25) is 5.91 Å². The summed E-state index contributed by atoms with van der Waals surface area (Å²) in [5.41, 5.74) is 8.18. The third-order valence-corrected chi connectivity index (χ3v) is 2.85. The Bertz CT molecular complexity index is 546. The first kappa shape index (κ1) is 13.0. The number of rotatable bonds is 4. The van der Waals surface area contributed by atoms with Gasteiger partial charge in [-0.05, 0) is 17.7 Å². The van der Waals surface area contributed by atoms with Gasteiger partial charge in [-0.3, -0.25) is 9.59 Å². The van der Waals surface area contributed by atoms with Gasteiger partial charge in [-0.15, -0.1) is 0 Å². The predicted molar refractivity (Wildman–Crippen MR) is 65.1 cm³/mol. The molecule has 1 fully saturated rings. The van der Waals surface area contributed by atoms with E-state index >= 15 is 0 Å². The second-order valence-electron chi connectivity index (χ2n) is 4.30. The van der Waals surface area contributed by atoms with Crippen LogP contribution in [0.2, 0.25) is 0 Å². The number of amides is 2. The smallest absolute Gasteiger partial charge is 0.287 e. The fourth-order valence-corrected chi connectivity index (χ4v) is 1.90. The highest BCUT2D eigenvalue weighted by Gasteiger charge is 2.28. The molecule has 0 saturated carbocycles. The van der Waals surface area contributed by atoms with Gasteiger partial charge < -0.3 is 14.6 Å². The molecule has 1 aromatic rings. The summed E-state index contributed by atoms with van der Waals surface area (Å²) in [7, 11) is 1.69. The maximum atomic E-state index is 11.9. The van der Waals surface area contributed by atoms with Crippen LogP contribution in [0.5, 0.6) is 0 Å². The van der Waals surface area contributed by atoms with Gasteiger partial charge in [0.1, 0.15) is 5.76 Å². The highest BCUT2D eigenvalue weighted by Crippen LogP contribution is 2.12. The van der Waals surface area contributed by atoms with E-state index in [1.165, 1.54) is 6.07 Å². The highest BCUT2D eigenvalue weighted by molar-refractivity contribution is 5.92. The maximum absolute atomic E-state index is 11.9. The molecule has 1 unspecified atom stereocenters. The zero-order valence-electron chi connectivity index (χ0n) is 10.4. The quantitative estimate of drug-likeness (QED) is 0.497. The van der Waals surface area contributed by atoms with Gasteiger partial charge in [0, 0.05) is 24.9 Å². The third kappa shape index (κ3) is 3.05. The Morgan fingerprint density at radius 2 is 2.47 bits per heavy atom. The van der Waals surface area contributed by atoms with Crippen LogP contribution in [0.1, 0.15) is 22.7 Å². The van der Waals surface area contributed by atoms with Crippen LogP contribution in [0.3, 0.4) is 0 Å². The number of likely N-dealkylation sites (N-methyl/N-ethyl adjacent to an activating group) is 1. The summed E-state index contributed by atoms with van der Waals surface area (Å²) in [6.07, 6.45) is 0.300. The third-order valence-electron chi connectivity index (χ3n) is 2.85. The maximum Gasteiger partial charge on any atom is 0.287 e. The summed E-state index contributed by atoms with van der Waals surface area (Å²) < 4.78 is 5.24. The molecule has 1 aliphatic heterocycles. The van der Waals surface area contributed by atoms with Crippen molar-refractivity contribution in [2.45, 2.75) is 19.0 Å². The van der Waals surface area contributed by atoms with Gasteiger partial charge >= 0.3 is 0 Å². The Balaban J connectivity index is 1.94. The van der Waals surface area contributed by atoms with E-state index in [9.17, 15) is 9.59 Å². The van der Waals surface area contributed by atoms with Gasteiger partial charge in [-0.1, -0.05) is 5.11 Å². The topological polar surface area (TPSA) is 111 Å². The van der Waals surface area contributed by atoms with E-state index in [1.54, 1.807) is 18.0 Å². The summed E-state index contributed by atoms with van der Waals surface area (Å²) in [4.78, 5) is 27.4. The molecule has 100 valence electrons. The summed E-state index contributed by atoms with van der Waals surface area (Å²) in [5, 5.41) is 6.07. The number of carbonyl (C=O) groups excluding carboxylic acids is 2. The summed E-state index contributed by atoms with van der Waals surface area (Å²) in [6.45, 7) is 0.561. The van der Waals surface area contributed by atoms with Crippen LogP contribution in [-0.2, 0) is 11.3 Å². The second-order valence-corrected chi connectivity index (χ2v) is 4.30. The fraction of sp³-hybridized carbons (Fsp3) is 0.455. The Morgan fingerprint density at radius 3 is 3.11 bits per heavy atom. The van der Waals surface area contributed by atoms with Crippen molar-refractivity contribution in [3.05, 3.63) is 34.1 Å². The lowest BCUT2D eigenvalue weighted by Crippen LogP contribution is -2.36. The molecule has 2 heterocycles. The van der Waals surface area contributed by atoms with Crippen molar-refractivity contribution in [2.75, 3.05) is 13.6 Å². The molecule has 1 atom stereocenters. The van der Waals surface area contributed by atoms with Crippen LogP contribution in [-0.4, -0.2) is 36.3 Å². The first-order valence-corrected chi connectivity index (χ1v) is 5.74. The van der Waals surface area contributed by atoms with Gasteiger partial charge in [0.25, 0.3) is 5.91 Å². The Kier molecular flexibility index (Phi) is 3.72. The lowest BCUT2D eigenvalue weighted by atomic mass is 10.2. The van der Waals surface area contributed by atoms with E-state index < -0.39 is 0 Å². The standard InChI is InChI=1S/C11H13N5O3/c1-16-6-7(4-10(16)17)14-11(18)9-3-2-8(19-9)5-13-15-12/h2-3,7H,4-6H2,1H3,(H,14,18). The molecule has 8 heteroatoms. The van der Waals surface area contributed by atoms with Gasteiger partial charge in [0.05, 0.1) is 12.6 Å².